The van der Waals surface area contributed by atoms with E-state index in [4.69, 9.17) is 0 Å². The van der Waals surface area contributed by atoms with Crippen LogP contribution in [0, 0.1) is 11.3 Å². The molecule has 0 atom stereocenters. The maximum absolute atomic E-state index is 9.18. The van der Waals surface area contributed by atoms with Crippen molar-refractivity contribution >= 4 is 17.2 Å². The molecule has 0 N–H and O–H groups in total. The third-order valence-electron chi connectivity index (χ3n) is 3.07. The Labute approximate surface area is 110 Å². The van der Waals surface area contributed by atoms with E-state index in [-0.39, 0.29) is 0 Å². The first-order valence-corrected chi connectivity index (χ1v) is 6.90. The van der Waals surface area contributed by atoms with Crippen LogP contribution >= 0.6 is 11.3 Å². The van der Waals surface area contributed by atoms with Crippen LogP contribution in [0.1, 0.15) is 23.3 Å². The van der Waals surface area contributed by atoms with Crippen LogP contribution in [0.5, 0.6) is 0 Å². The standard InChI is InChI=1S/C14H13N3S/c15-9-11-3-1-7-16-14(11)17(12-5-6-12)10-13-4-2-8-18-13/h1-4,7-8,12H,5-6,10H2. The van der Waals surface area contributed by atoms with E-state index in [1.54, 1.807) is 17.5 Å². The Morgan fingerprint density at radius 2 is 2.28 bits per heavy atom. The molecular weight excluding hydrogens is 242 g/mol. The molecule has 1 aliphatic carbocycles. The van der Waals surface area contributed by atoms with Crippen molar-refractivity contribution in [2.75, 3.05) is 4.90 Å². The minimum absolute atomic E-state index is 0.550. The largest absolute Gasteiger partial charge is 0.347 e. The lowest BCUT2D eigenvalue weighted by Gasteiger charge is -2.23. The summed E-state index contributed by atoms with van der Waals surface area (Å²) in [6.45, 7) is 0.855. The Morgan fingerprint density at radius 1 is 1.39 bits per heavy atom. The first-order valence-electron chi connectivity index (χ1n) is 6.02. The first kappa shape index (κ1) is 11.2. The molecule has 4 heteroatoms. The van der Waals surface area contributed by atoms with E-state index in [1.165, 1.54) is 17.7 Å². The van der Waals surface area contributed by atoms with Crippen molar-refractivity contribution < 1.29 is 0 Å². The maximum Gasteiger partial charge on any atom is 0.147 e. The van der Waals surface area contributed by atoms with Gasteiger partial charge in [0.2, 0.25) is 0 Å². The molecule has 0 spiro atoms. The van der Waals surface area contributed by atoms with Crippen LogP contribution in [0.15, 0.2) is 35.8 Å². The summed E-state index contributed by atoms with van der Waals surface area (Å²) in [4.78, 5) is 7.98. The van der Waals surface area contributed by atoms with Crippen molar-refractivity contribution in [2.45, 2.75) is 25.4 Å². The van der Waals surface area contributed by atoms with Crippen LogP contribution < -0.4 is 4.90 Å². The Balaban J connectivity index is 1.92. The van der Waals surface area contributed by atoms with Gasteiger partial charge in [-0.25, -0.2) is 4.98 Å². The molecule has 0 amide bonds. The first-order chi connectivity index (χ1) is 8.88. The minimum Gasteiger partial charge on any atom is -0.347 e. The molecule has 1 fully saturated rings. The Kier molecular flexibility index (Phi) is 2.99. The molecule has 2 aromatic heterocycles. The van der Waals surface area contributed by atoms with Crippen LogP contribution in [0.25, 0.3) is 0 Å². The third-order valence-corrected chi connectivity index (χ3v) is 3.93. The van der Waals surface area contributed by atoms with Gasteiger partial charge in [0.05, 0.1) is 12.1 Å². The highest BCUT2D eigenvalue weighted by molar-refractivity contribution is 7.09. The van der Waals surface area contributed by atoms with Gasteiger partial charge in [0.25, 0.3) is 0 Å². The van der Waals surface area contributed by atoms with E-state index >= 15 is 0 Å². The molecule has 2 heterocycles. The smallest absolute Gasteiger partial charge is 0.147 e. The molecule has 18 heavy (non-hydrogen) atoms. The second-order valence-electron chi connectivity index (χ2n) is 4.42. The quantitative estimate of drug-likeness (QED) is 0.842. The summed E-state index contributed by atoms with van der Waals surface area (Å²) < 4.78 is 0. The fraction of sp³-hybridized carbons (Fsp3) is 0.286. The van der Waals surface area contributed by atoms with Crippen molar-refractivity contribution in [3.8, 4) is 6.07 Å². The van der Waals surface area contributed by atoms with Crippen LogP contribution in [0.3, 0.4) is 0 Å². The number of anilines is 1. The predicted molar refractivity (Wildman–Crippen MR) is 72.5 cm³/mol. The summed E-state index contributed by atoms with van der Waals surface area (Å²) in [6.07, 6.45) is 4.17. The number of aromatic nitrogens is 1. The number of thiophene rings is 1. The molecule has 0 bridgehead atoms. The van der Waals surface area contributed by atoms with Gasteiger partial charge in [-0.1, -0.05) is 6.07 Å². The van der Waals surface area contributed by atoms with Crippen molar-refractivity contribution in [1.82, 2.24) is 4.98 Å². The molecule has 0 aromatic carbocycles. The summed E-state index contributed by atoms with van der Waals surface area (Å²) in [5.74, 6) is 0.830. The summed E-state index contributed by atoms with van der Waals surface area (Å²) in [6, 6.07) is 10.6. The lowest BCUT2D eigenvalue weighted by atomic mass is 10.2. The summed E-state index contributed by atoms with van der Waals surface area (Å²) >= 11 is 1.75. The Bertz CT molecular complexity index is 567. The zero-order chi connectivity index (χ0) is 12.4. The normalized spacial score (nSPS) is 14.2. The highest BCUT2D eigenvalue weighted by Gasteiger charge is 2.31. The molecule has 0 radical (unpaired) electrons. The molecule has 3 rings (SSSR count). The Morgan fingerprint density at radius 3 is 2.94 bits per heavy atom. The van der Waals surface area contributed by atoms with Gasteiger partial charge in [-0.3, -0.25) is 0 Å². The minimum atomic E-state index is 0.550. The molecule has 0 unspecified atom stereocenters. The van der Waals surface area contributed by atoms with E-state index in [2.05, 4.69) is 33.5 Å². The van der Waals surface area contributed by atoms with Gasteiger partial charge in [0.15, 0.2) is 0 Å². The fourth-order valence-electron chi connectivity index (χ4n) is 2.05. The number of nitriles is 1. The average Bonchev–Trinajstić information content (AvgIpc) is 3.13. The molecular formula is C14H13N3S. The van der Waals surface area contributed by atoms with Gasteiger partial charge in [-0.05, 0) is 36.4 Å². The number of hydrogen-bond acceptors (Lipinski definition) is 4. The van der Waals surface area contributed by atoms with Crippen LogP contribution in [-0.4, -0.2) is 11.0 Å². The Hall–Kier alpha value is -1.86. The van der Waals surface area contributed by atoms with E-state index in [0.717, 1.165) is 12.4 Å². The summed E-state index contributed by atoms with van der Waals surface area (Å²) in [5.41, 5.74) is 0.668. The van der Waals surface area contributed by atoms with Crippen molar-refractivity contribution in [1.29, 1.82) is 5.26 Å². The van der Waals surface area contributed by atoms with Crippen LogP contribution in [0.4, 0.5) is 5.82 Å². The predicted octanol–water partition coefficient (Wildman–Crippen LogP) is 3.18. The van der Waals surface area contributed by atoms with Gasteiger partial charge in [0, 0.05) is 17.1 Å². The lowest BCUT2D eigenvalue weighted by Crippen LogP contribution is -2.26. The lowest BCUT2D eigenvalue weighted by molar-refractivity contribution is 0.785. The summed E-state index contributed by atoms with van der Waals surface area (Å²) in [7, 11) is 0. The van der Waals surface area contributed by atoms with Gasteiger partial charge in [-0.15, -0.1) is 11.3 Å². The monoisotopic (exact) mass is 255 g/mol. The molecule has 90 valence electrons. The summed E-state index contributed by atoms with van der Waals surface area (Å²) in [5, 5.41) is 11.3. The molecule has 0 saturated heterocycles. The third kappa shape index (κ3) is 2.22. The zero-order valence-electron chi connectivity index (χ0n) is 9.91. The molecule has 2 aromatic rings. The highest BCUT2D eigenvalue weighted by atomic mass is 32.1. The van der Waals surface area contributed by atoms with Gasteiger partial charge in [-0.2, -0.15) is 5.26 Å². The van der Waals surface area contributed by atoms with E-state index in [1.807, 2.05) is 12.1 Å². The van der Waals surface area contributed by atoms with Crippen molar-refractivity contribution in [3.05, 3.63) is 46.3 Å². The van der Waals surface area contributed by atoms with Crippen molar-refractivity contribution in [2.24, 2.45) is 0 Å². The molecule has 3 nitrogen and oxygen atoms in total. The second kappa shape index (κ2) is 4.79. The second-order valence-corrected chi connectivity index (χ2v) is 5.46. The highest BCUT2D eigenvalue weighted by Crippen LogP contribution is 2.34. The molecule has 1 aliphatic rings. The molecule has 0 aliphatic heterocycles. The van der Waals surface area contributed by atoms with Crippen molar-refractivity contribution in [3.63, 3.8) is 0 Å². The maximum atomic E-state index is 9.18. The van der Waals surface area contributed by atoms with Crippen LogP contribution in [-0.2, 0) is 6.54 Å². The SMILES string of the molecule is N#Cc1cccnc1N(Cc1cccs1)C1CC1. The van der Waals surface area contributed by atoms with E-state index in [9.17, 15) is 5.26 Å². The zero-order valence-corrected chi connectivity index (χ0v) is 10.7. The van der Waals surface area contributed by atoms with E-state index in [0.29, 0.717) is 11.6 Å². The topological polar surface area (TPSA) is 39.9 Å². The number of hydrogen-bond donors (Lipinski definition) is 0. The average molecular weight is 255 g/mol. The van der Waals surface area contributed by atoms with Gasteiger partial charge >= 0.3 is 0 Å². The van der Waals surface area contributed by atoms with Gasteiger partial charge in [0.1, 0.15) is 11.9 Å². The number of rotatable bonds is 4. The number of pyridine rings is 1. The fourth-order valence-corrected chi connectivity index (χ4v) is 2.75. The van der Waals surface area contributed by atoms with E-state index < -0.39 is 0 Å². The van der Waals surface area contributed by atoms with Crippen LogP contribution in [0.2, 0.25) is 0 Å². The molecule has 1 saturated carbocycles. The van der Waals surface area contributed by atoms with Gasteiger partial charge < -0.3 is 4.90 Å². The number of nitrogens with zero attached hydrogens (tertiary/aromatic N) is 3.